The van der Waals surface area contributed by atoms with E-state index >= 15 is 0 Å². The van der Waals surface area contributed by atoms with Crippen LogP contribution in [0, 0.1) is 12.9 Å². The summed E-state index contributed by atoms with van der Waals surface area (Å²) in [4.78, 5) is 3.48. The minimum Gasteiger partial charge on any atom is -0.226 e. The van der Waals surface area contributed by atoms with Crippen LogP contribution in [0.4, 0.5) is 4.39 Å². The molecule has 9 heavy (non-hydrogen) atoms. The van der Waals surface area contributed by atoms with E-state index in [0.29, 0.717) is 5.69 Å². The Kier molecular flexibility index (Phi) is 1.51. The van der Waals surface area contributed by atoms with Crippen LogP contribution in [0.3, 0.4) is 0 Å². The van der Waals surface area contributed by atoms with Crippen molar-refractivity contribution >= 4 is 13.3 Å². The van der Waals surface area contributed by atoms with Gasteiger partial charge in [0.05, 0.1) is 0 Å². The fourth-order valence-electron chi connectivity index (χ4n) is 0.536. The van der Waals surface area contributed by atoms with E-state index in [1.807, 2.05) is 0 Å². The van der Waals surface area contributed by atoms with E-state index in [0.717, 1.165) is 0 Å². The van der Waals surface area contributed by atoms with Crippen molar-refractivity contribution in [2.75, 3.05) is 0 Å². The van der Waals surface area contributed by atoms with Crippen LogP contribution in [-0.4, -0.2) is 12.8 Å². The van der Waals surface area contributed by atoms with Crippen LogP contribution >= 0.6 is 0 Å². The monoisotopic (exact) mass is 121 g/mol. The van der Waals surface area contributed by atoms with Crippen molar-refractivity contribution in [3.8, 4) is 0 Å². The number of pyridine rings is 1. The standard InChI is InChI=1S/C6H5BFN/c1-4-2-3-5(7)6(8)9-4/h2-3H,1H3. The Bertz CT molecular complexity index is 224. The normalized spacial score (nSPS) is 9.56. The fourth-order valence-corrected chi connectivity index (χ4v) is 0.536. The van der Waals surface area contributed by atoms with E-state index in [4.69, 9.17) is 7.85 Å². The zero-order valence-electron chi connectivity index (χ0n) is 5.06. The molecule has 0 spiro atoms. The van der Waals surface area contributed by atoms with Gasteiger partial charge in [0.25, 0.3) is 0 Å². The summed E-state index contributed by atoms with van der Waals surface area (Å²) < 4.78 is 12.3. The minimum atomic E-state index is -0.588. The van der Waals surface area contributed by atoms with Crippen LogP contribution in [0.25, 0.3) is 0 Å². The van der Waals surface area contributed by atoms with Gasteiger partial charge in [-0.25, -0.2) is 4.98 Å². The minimum absolute atomic E-state index is 0.0978. The van der Waals surface area contributed by atoms with Crippen molar-refractivity contribution in [3.05, 3.63) is 23.8 Å². The van der Waals surface area contributed by atoms with Gasteiger partial charge in [-0.2, -0.15) is 4.39 Å². The van der Waals surface area contributed by atoms with Crippen molar-refractivity contribution in [3.63, 3.8) is 0 Å². The first-order valence-electron chi connectivity index (χ1n) is 2.59. The van der Waals surface area contributed by atoms with Gasteiger partial charge < -0.3 is 0 Å². The highest BCUT2D eigenvalue weighted by molar-refractivity contribution is 6.32. The summed E-state index contributed by atoms with van der Waals surface area (Å²) in [6, 6.07) is 3.16. The van der Waals surface area contributed by atoms with Crippen molar-refractivity contribution in [1.29, 1.82) is 0 Å². The molecule has 0 aliphatic rings. The van der Waals surface area contributed by atoms with Gasteiger partial charge in [0, 0.05) is 5.69 Å². The average molecular weight is 121 g/mol. The lowest BCUT2D eigenvalue weighted by Gasteiger charge is -1.94. The van der Waals surface area contributed by atoms with Crippen molar-refractivity contribution in [2.24, 2.45) is 0 Å². The molecule has 0 saturated heterocycles. The van der Waals surface area contributed by atoms with Gasteiger partial charge in [-0.1, -0.05) is 6.07 Å². The van der Waals surface area contributed by atoms with E-state index in [1.165, 1.54) is 6.07 Å². The van der Waals surface area contributed by atoms with Crippen LogP contribution < -0.4 is 5.46 Å². The maximum absolute atomic E-state index is 12.3. The maximum Gasteiger partial charge on any atom is 0.205 e. The van der Waals surface area contributed by atoms with Crippen molar-refractivity contribution in [2.45, 2.75) is 6.92 Å². The maximum atomic E-state index is 12.3. The van der Waals surface area contributed by atoms with Crippen molar-refractivity contribution < 1.29 is 4.39 Å². The first-order chi connectivity index (χ1) is 4.20. The average Bonchev–Trinajstić information content (AvgIpc) is 1.80. The summed E-state index contributed by atoms with van der Waals surface area (Å²) in [7, 11) is 5.15. The second-order valence-electron chi connectivity index (χ2n) is 1.83. The molecule has 0 atom stereocenters. The van der Waals surface area contributed by atoms with E-state index < -0.39 is 5.95 Å². The SMILES string of the molecule is [B]c1ccc(C)nc1F. The number of nitrogens with zero attached hydrogens (tertiary/aromatic N) is 1. The summed E-state index contributed by atoms with van der Waals surface area (Å²) in [6.45, 7) is 1.71. The summed E-state index contributed by atoms with van der Waals surface area (Å²) >= 11 is 0. The molecule has 44 valence electrons. The lowest BCUT2D eigenvalue weighted by Crippen LogP contribution is -2.10. The number of halogens is 1. The van der Waals surface area contributed by atoms with E-state index in [2.05, 4.69) is 4.98 Å². The van der Waals surface area contributed by atoms with E-state index in [9.17, 15) is 4.39 Å². The smallest absolute Gasteiger partial charge is 0.205 e. The number of hydrogen-bond donors (Lipinski definition) is 0. The highest BCUT2D eigenvalue weighted by atomic mass is 19.1. The lowest BCUT2D eigenvalue weighted by atomic mass is 9.98. The second-order valence-corrected chi connectivity index (χ2v) is 1.83. The first kappa shape index (κ1) is 6.27. The molecule has 0 N–H and O–H groups in total. The zero-order chi connectivity index (χ0) is 6.85. The summed E-state index contributed by atoms with van der Waals surface area (Å²) in [6.07, 6.45) is 0. The van der Waals surface area contributed by atoms with Crippen molar-refractivity contribution in [1.82, 2.24) is 4.98 Å². The molecule has 0 aromatic carbocycles. The molecule has 0 bridgehead atoms. The quantitative estimate of drug-likeness (QED) is 0.355. The molecule has 1 heterocycles. The van der Waals surface area contributed by atoms with Gasteiger partial charge in [-0.05, 0) is 18.5 Å². The van der Waals surface area contributed by atoms with Crippen LogP contribution in [0.2, 0.25) is 0 Å². The Morgan fingerprint density at radius 3 is 2.67 bits per heavy atom. The number of hydrogen-bond acceptors (Lipinski definition) is 1. The molecule has 1 aromatic heterocycles. The Morgan fingerprint density at radius 2 is 2.22 bits per heavy atom. The van der Waals surface area contributed by atoms with Gasteiger partial charge in [0.15, 0.2) is 0 Å². The van der Waals surface area contributed by atoms with Gasteiger partial charge in [0.2, 0.25) is 5.95 Å². The number of aryl methyl sites for hydroxylation is 1. The highest BCUT2D eigenvalue weighted by Crippen LogP contribution is 1.90. The van der Waals surface area contributed by atoms with E-state index in [1.54, 1.807) is 13.0 Å². The van der Waals surface area contributed by atoms with Crippen LogP contribution in [-0.2, 0) is 0 Å². The molecule has 0 aliphatic heterocycles. The molecule has 1 rings (SSSR count). The third-order valence-electron chi connectivity index (χ3n) is 1.02. The molecule has 0 unspecified atom stereocenters. The Labute approximate surface area is 54.3 Å². The van der Waals surface area contributed by atoms with Gasteiger partial charge >= 0.3 is 0 Å². The molecule has 1 nitrogen and oxygen atoms in total. The summed E-state index contributed by atoms with van der Waals surface area (Å²) in [5.41, 5.74) is 0.738. The van der Waals surface area contributed by atoms with Gasteiger partial charge in [-0.15, -0.1) is 0 Å². The predicted octanol–water partition coefficient (Wildman–Crippen LogP) is 0.323. The second kappa shape index (κ2) is 2.17. The van der Waals surface area contributed by atoms with Crippen LogP contribution in [0.15, 0.2) is 12.1 Å². The largest absolute Gasteiger partial charge is 0.226 e. The number of rotatable bonds is 0. The molecular formula is C6H5BFN. The topological polar surface area (TPSA) is 12.9 Å². The Balaban J connectivity index is 3.17. The van der Waals surface area contributed by atoms with Crippen LogP contribution in [0.1, 0.15) is 5.69 Å². The predicted molar refractivity (Wildman–Crippen MR) is 34.3 cm³/mol. The molecule has 2 radical (unpaired) electrons. The lowest BCUT2D eigenvalue weighted by molar-refractivity contribution is 0.589. The molecule has 0 aliphatic carbocycles. The third-order valence-corrected chi connectivity index (χ3v) is 1.02. The van der Waals surface area contributed by atoms with E-state index in [-0.39, 0.29) is 5.46 Å². The van der Waals surface area contributed by atoms with Gasteiger partial charge in [-0.3, -0.25) is 0 Å². The molecule has 1 aromatic rings. The summed E-state index contributed by atoms with van der Waals surface area (Å²) in [5.74, 6) is -0.588. The molecule has 0 amide bonds. The Morgan fingerprint density at radius 1 is 1.56 bits per heavy atom. The third kappa shape index (κ3) is 1.28. The number of aromatic nitrogens is 1. The molecular weight excluding hydrogens is 116 g/mol. The molecule has 0 saturated carbocycles. The Hall–Kier alpha value is -0.855. The molecule has 0 fully saturated rings. The highest BCUT2D eigenvalue weighted by Gasteiger charge is 1.94. The van der Waals surface area contributed by atoms with Gasteiger partial charge in [0.1, 0.15) is 7.85 Å². The molecule has 3 heteroatoms. The fraction of sp³-hybridized carbons (Fsp3) is 0.167. The first-order valence-corrected chi connectivity index (χ1v) is 2.59. The zero-order valence-corrected chi connectivity index (χ0v) is 5.06. The summed E-state index contributed by atoms with van der Waals surface area (Å²) in [5, 5.41) is 0. The van der Waals surface area contributed by atoms with Crippen LogP contribution in [0.5, 0.6) is 0 Å².